The van der Waals surface area contributed by atoms with Crippen molar-refractivity contribution in [3.8, 4) is 11.1 Å². The predicted octanol–water partition coefficient (Wildman–Crippen LogP) is 13.0. The third-order valence-corrected chi connectivity index (χ3v) is 10.3. The molecule has 0 saturated heterocycles. The summed E-state index contributed by atoms with van der Waals surface area (Å²) < 4.78 is 16.0. The molecule has 46 heavy (non-hydrogen) atoms. The molecular formula is C42H25NO2S. The highest BCUT2D eigenvalue weighted by molar-refractivity contribution is 7.26. The number of rotatable bonds is 4. The number of fused-ring (bicyclic) bond motifs is 9. The van der Waals surface area contributed by atoms with Gasteiger partial charge in [-0.1, -0.05) is 115 Å². The summed E-state index contributed by atoms with van der Waals surface area (Å²) in [6, 6.07) is 53.4. The van der Waals surface area contributed by atoms with E-state index in [-0.39, 0.29) is 0 Å². The molecule has 3 nitrogen and oxygen atoms in total. The molecule has 0 saturated carbocycles. The first-order chi connectivity index (χ1) is 22.8. The summed E-state index contributed by atoms with van der Waals surface area (Å²) in [5, 5.41) is 6.69. The first-order valence-corrected chi connectivity index (χ1v) is 16.3. The van der Waals surface area contributed by atoms with Crippen LogP contribution in [0.15, 0.2) is 160 Å². The second-order valence-corrected chi connectivity index (χ2v) is 12.7. The molecule has 4 heteroatoms. The number of anilines is 3. The lowest BCUT2D eigenvalue weighted by molar-refractivity contribution is 0.664. The number of nitrogens with zero attached hydrogens (tertiary/aromatic N) is 1. The minimum absolute atomic E-state index is 0.834. The molecule has 0 fully saturated rings. The minimum Gasteiger partial charge on any atom is -0.456 e. The van der Waals surface area contributed by atoms with E-state index >= 15 is 0 Å². The lowest BCUT2D eigenvalue weighted by Crippen LogP contribution is -2.12. The summed E-state index contributed by atoms with van der Waals surface area (Å²) in [7, 11) is 0. The largest absolute Gasteiger partial charge is 0.456 e. The molecule has 0 amide bonds. The van der Waals surface area contributed by atoms with Crippen LogP contribution in [0.5, 0.6) is 0 Å². The van der Waals surface area contributed by atoms with Crippen LogP contribution in [0.2, 0.25) is 0 Å². The summed E-state index contributed by atoms with van der Waals surface area (Å²) in [5.41, 5.74) is 8.80. The zero-order valence-corrected chi connectivity index (χ0v) is 25.4. The summed E-state index contributed by atoms with van der Waals surface area (Å²) in [5.74, 6) is 0. The molecule has 10 aromatic rings. The fourth-order valence-electron chi connectivity index (χ4n) is 7.06. The highest BCUT2D eigenvalue weighted by atomic mass is 32.1. The van der Waals surface area contributed by atoms with Crippen LogP contribution in [0.3, 0.4) is 0 Å². The Morgan fingerprint density at radius 2 is 1.11 bits per heavy atom. The molecule has 0 bridgehead atoms. The average Bonchev–Trinajstić information content (AvgIpc) is 3.80. The molecule has 0 aliphatic heterocycles. The van der Waals surface area contributed by atoms with Gasteiger partial charge in [-0.3, -0.25) is 0 Å². The van der Waals surface area contributed by atoms with Gasteiger partial charge in [0.25, 0.3) is 0 Å². The molecule has 0 radical (unpaired) electrons. The van der Waals surface area contributed by atoms with Gasteiger partial charge in [0, 0.05) is 37.2 Å². The van der Waals surface area contributed by atoms with Crippen LogP contribution in [-0.2, 0) is 0 Å². The third-order valence-electron chi connectivity index (χ3n) is 9.06. The maximum atomic E-state index is 6.87. The number of hydrogen-bond acceptors (Lipinski definition) is 4. The van der Waals surface area contributed by atoms with Crippen LogP contribution >= 0.6 is 11.3 Å². The van der Waals surface area contributed by atoms with Crippen molar-refractivity contribution in [1.29, 1.82) is 0 Å². The van der Waals surface area contributed by atoms with E-state index in [1.807, 2.05) is 35.6 Å². The standard InChI is InChI=1S/C42H25NO2S/c1-2-13-26(14-3-1)27-15-4-8-20-33(27)43(34-21-12-19-30-29-17-7-11-24-38(29)46-42(30)34)40-39-31-18-6-10-23-36(31)44-37(39)25-32-28-16-5-9-22-35(28)45-41(32)40/h1-25H. The van der Waals surface area contributed by atoms with Crippen LogP contribution < -0.4 is 4.90 Å². The van der Waals surface area contributed by atoms with Gasteiger partial charge in [-0.2, -0.15) is 0 Å². The normalized spacial score (nSPS) is 11.9. The van der Waals surface area contributed by atoms with E-state index in [9.17, 15) is 0 Å². The Balaban J connectivity index is 1.43. The van der Waals surface area contributed by atoms with Gasteiger partial charge in [0.1, 0.15) is 22.4 Å². The van der Waals surface area contributed by atoms with Gasteiger partial charge in [0.2, 0.25) is 0 Å². The maximum Gasteiger partial charge on any atom is 0.160 e. The smallest absolute Gasteiger partial charge is 0.160 e. The molecule has 3 aromatic heterocycles. The molecule has 0 aliphatic carbocycles. The molecule has 0 atom stereocenters. The number of para-hydroxylation sites is 3. The van der Waals surface area contributed by atoms with E-state index in [1.54, 1.807) is 0 Å². The molecule has 0 spiro atoms. The van der Waals surface area contributed by atoms with Crippen LogP contribution in [0, 0.1) is 0 Å². The van der Waals surface area contributed by atoms with Gasteiger partial charge < -0.3 is 13.7 Å². The van der Waals surface area contributed by atoms with E-state index in [4.69, 9.17) is 8.83 Å². The van der Waals surface area contributed by atoms with E-state index in [0.717, 1.165) is 72.1 Å². The van der Waals surface area contributed by atoms with E-state index < -0.39 is 0 Å². The molecular weight excluding hydrogens is 583 g/mol. The fourth-order valence-corrected chi connectivity index (χ4v) is 8.27. The topological polar surface area (TPSA) is 29.5 Å². The molecule has 7 aromatic carbocycles. The fraction of sp³-hybridized carbons (Fsp3) is 0. The quantitative estimate of drug-likeness (QED) is 0.199. The lowest BCUT2D eigenvalue weighted by Gasteiger charge is -2.29. The minimum atomic E-state index is 0.834. The molecule has 0 aliphatic rings. The molecule has 0 N–H and O–H groups in total. The molecule has 216 valence electrons. The predicted molar refractivity (Wildman–Crippen MR) is 194 cm³/mol. The molecule has 3 heterocycles. The van der Waals surface area contributed by atoms with Gasteiger partial charge in [0.15, 0.2) is 5.58 Å². The number of furan rings is 2. The van der Waals surface area contributed by atoms with Gasteiger partial charge >= 0.3 is 0 Å². The number of thiophene rings is 1. The first-order valence-electron chi connectivity index (χ1n) is 15.4. The third kappa shape index (κ3) is 3.65. The second kappa shape index (κ2) is 9.83. The van der Waals surface area contributed by atoms with Gasteiger partial charge in [-0.25, -0.2) is 0 Å². The number of benzene rings is 7. The Morgan fingerprint density at radius 1 is 0.457 bits per heavy atom. The highest BCUT2D eigenvalue weighted by Crippen LogP contribution is 2.53. The maximum absolute atomic E-state index is 6.87. The van der Waals surface area contributed by atoms with Gasteiger partial charge in [0.05, 0.1) is 21.5 Å². The Kier molecular flexibility index (Phi) is 5.45. The van der Waals surface area contributed by atoms with Crippen molar-refractivity contribution >= 4 is 92.4 Å². The van der Waals surface area contributed by atoms with E-state index in [1.165, 1.54) is 20.2 Å². The van der Waals surface area contributed by atoms with E-state index in [0.29, 0.717) is 0 Å². The van der Waals surface area contributed by atoms with E-state index in [2.05, 4.69) is 132 Å². The highest BCUT2D eigenvalue weighted by Gasteiger charge is 2.28. The van der Waals surface area contributed by atoms with Crippen molar-refractivity contribution in [2.24, 2.45) is 0 Å². The van der Waals surface area contributed by atoms with Crippen molar-refractivity contribution in [2.75, 3.05) is 4.90 Å². The van der Waals surface area contributed by atoms with Gasteiger partial charge in [-0.05, 0) is 42.0 Å². The Bertz CT molecular complexity index is 2760. The lowest BCUT2D eigenvalue weighted by atomic mass is 9.99. The Hall–Kier alpha value is -5.84. The monoisotopic (exact) mass is 607 g/mol. The molecule has 10 rings (SSSR count). The average molecular weight is 608 g/mol. The summed E-state index contributed by atoms with van der Waals surface area (Å²) in [6.45, 7) is 0. The Morgan fingerprint density at radius 3 is 1.98 bits per heavy atom. The zero-order chi connectivity index (χ0) is 30.2. The second-order valence-electron chi connectivity index (χ2n) is 11.6. The summed E-state index contributed by atoms with van der Waals surface area (Å²) in [6.07, 6.45) is 0. The Labute approximate surface area is 268 Å². The van der Waals surface area contributed by atoms with Crippen molar-refractivity contribution < 1.29 is 8.83 Å². The molecule has 0 unspecified atom stereocenters. The zero-order valence-electron chi connectivity index (χ0n) is 24.6. The number of hydrogen-bond donors (Lipinski definition) is 0. The summed E-state index contributed by atoms with van der Waals surface area (Å²) >= 11 is 1.83. The summed E-state index contributed by atoms with van der Waals surface area (Å²) in [4.78, 5) is 2.43. The van der Waals surface area contributed by atoms with Gasteiger partial charge in [-0.15, -0.1) is 11.3 Å². The van der Waals surface area contributed by atoms with Crippen LogP contribution in [-0.4, -0.2) is 0 Å². The van der Waals surface area contributed by atoms with Crippen molar-refractivity contribution in [3.63, 3.8) is 0 Å². The van der Waals surface area contributed by atoms with Crippen LogP contribution in [0.25, 0.3) is 75.2 Å². The SMILES string of the molecule is c1ccc(-c2ccccc2N(c2cccc3c2sc2ccccc23)c2c3oc4ccccc4c3cc3oc4ccccc4c23)cc1. The van der Waals surface area contributed by atoms with Crippen LogP contribution in [0.4, 0.5) is 17.1 Å². The first kappa shape index (κ1) is 25.5. The van der Waals surface area contributed by atoms with Crippen molar-refractivity contribution in [3.05, 3.63) is 152 Å². The van der Waals surface area contributed by atoms with Crippen LogP contribution in [0.1, 0.15) is 0 Å². The van der Waals surface area contributed by atoms with Crippen molar-refractivity contribution in [1.82, 2.24) is 0 Å². The van der Waals surface area contributed by atoms with Crippen molar-refractivity contribution in [2.45, 2.75) is 0 Å².